The van der Waals surface area contributed by atoms with E-state index in [1.54, 1.807) is 11.8 Å². The van der Waals surface area contributed by atoms with Gasteiger partial charge in [-0.2, -0.15) is 0 Å². The quantitative estimate of drug-likeness (QED) is 0.610. The van der Waals surface area contributed by atoms with Crippen LogP contribution in [0.1, 0.15) is 21.6 Å². The zero-order valence-electron chi connectivity index (χ0n) is 7.05. The predicted molar refractivity (Wildman–Crippen MR) is 48.8 cm³/mol. The van der Waals surface area contributed by atoms with Crippen LogP contribution in [0.4, 0.5) is 0 Å². The van der Waals surface area contributed by atoms with Crippen molar-refractivity contribution in [2.24, 2.45) is 0 Å². The minimum atomic E-state index is 0.222. The molecule has 1 aliphatic rings. The third-order valence-corrected chi connectivity index (χ3v) is 2.91. The van der Waals surface area contributed by atoms with Gasteiger partial charge >= 0.3 is 0 Å². The van der Waals surface area contributed by atoms with Crippen LogP contribution in [-0.4, -0.2) is 16.5 Å². The molecule has 0 radical (unpaired) electrons. The average molecular weight is 179 g/mol. The molecule has 0 N–H and O–H groups in total. The molecular formula is C9H9NOS. The summed E-state index contributed by atoms with van der Waals surface area (Å²) >= 11 is 1.54. The normalized spacial score (nSPS) is 15.0. The summed E-state index contributed by atoms with van der Waals surface area (Å²) in [6.07, 6.45) is 0. The van der Waals surface area contributed by atoms with Crippen molar-refractivity contribution < 1.29 is 4.79 Å². The number of thioether (sulfide) groups is 1. The first-order valence-electron chi connectivity index (χ1n) is 3.83. The van der Waals surface area contributed by atoms with Crippen LogP contribution in [-0.2, 0) is 0 Å². The van der Waals surface area contributed by atoms with E-state index in [-0.39, 0.29) is 5.78 Å². The number of nitrogens with zero attached hydrogens (tertiary/aromatic N) is 1. The predicted octanol–water partition coefficient (Wildman–Crippen LogP) is 1.99. The molecule has 1 aromatic rings. The molecule has 1 aliphatic heterocycles. The Balaban J connectivity index is 2.68. The average Bonchev–Trinajstić information content (AvgIpc) is 2.31. The van der Waals surface area contributed by atoms with E-state index in [0.717, 1.165) is 21.8 Å². The molecular weight excluding hydrogens is 170 g/mol. The molecule has 0 aromatic carbocycles. The number of aryl methyl sites for hydroxylation is 2. The van der Waals surface area contributed by atoms with E-state index in [0.29, 0.717) is 5.75 Å². The van der Waals surface area contributed by atoms with E-state index >= 15 is 0 Å². The van der Waals surface area contributed by atoms with Crippen LogP contribution in [0.5, 0.6) is 0 Å². The zero-order valence-corrected chi connectivity index (χ0v) is 7.86. The summed E-state index contributed by atoms with van der Waals surface area (Å²) in [6, 6.07) is 1.96. The number of fused-ring (bicyclic) bond motifs is 1. The minimum Gasteiger partial charge on any atom is -0.293 e. The molecule has 0 saturated heterocycles. The zero-order chi connectivity index (χ0) is 8.72. The van der Waals surface area contributed by atoms with Gasteiger partial charge in [0, 0.05) is 5.69 Å². The van der Waals surface area contributed by atoms with E-state index in [1.165, 1.54) is 0 Å². The summed E-state index contributed by atoms with van der Waals surface area (Å²) in [4.78, 5) is 15.6. The van der Waals surface area contributed by atoms with Gasteiger partial charge in [0.1, 0.15) is 5.03 Å². The van der Waals surface area contributed by atoms with Crippen molar-refractivity contribution in [2.45, 2.75) is 18.9 Å². The van der Waals surface area contributed by atoms with E-state index in [1.807, 2.05) is 19.9 Å². The fourth-order valence-corrected chi connectivity index (χ4v) is 2.49. The van der Waals surface area contributed by atoms with Crippen LogP contribution in [0.25, 0.3) is 0 Å². The van der Waals surface area contributed by atoms with Crippen LogP contribution < -0.4 is 0 Å². The van der Waals surface area contributed by atoms with Gasteiger partial charge in [0.2, 0.25) is 0 Å². The van der Waals surface area contributed by atoms with Crippen LogP contribution in [0.3, 0.4) is 0 Å². The molecule has 0 saturated carbocycles. The molecule has 0 fully saturated rings. The number of hydrogen-bond acceptors (Lipinski definition) is 3. The van der Waals surface area contributed by atoms with Gasteiger partial charge < -0.3 is 0 Å². The minimum absolute atomic E-state index is 0.222. The molecule has 0 amide bonds. The Morgan fingerprint density at radius 1 is 1.50 bits per heavy atom. The summed E-state index contributed by atoms with van der Waals surface area (Å²) in [5, 5.41) is 0.914. The van der Waals surface area contributed by atoms with E-state index in [9.17, 15) is 4.79 Å². The standard InChI is InChI=1S/C9H9NOS/c1-5-3-6(2)10-9-8(5)7(11)4-12-9/h3H,4H2,1-2H3. The highest BCUT2D eigenvalue weighted by atomic mass is 32.2. The van der Waals surface area contributed by atoms with E-state index < -0.39 is 0 Å². The molecule has 0 aliphatic carbocycles. The van der Waals surface area contributed by atoms with Crippen LogP contribution in [0.15, 0.2) is 11.1 Å². The number of Topliss-reactive ketones (excluding diaryl/α,β-unsaturated/α-hetero) is 1. The van der Waals surface area contributed by atoms with E-state index in [4.69, 9.17) is 0 Å². The highest BCUT2D eigenvalue weighted by Crippen LogP contribution is 2.31. The van der Waals surface area contributed by atoms with Crippen molar-refractivity contribution in [1.29, 1.82) is 0 Å². The maximum atomic E-state index is 11.3. The van der Waals surface area contributed by atoms with Crippen LogP contribution in [0.2, 0.25) is 0 Å². The van der Waals surface area contributed by atoms with Gasteiger partial charge in [-0.15, -0.1) is 0 Å². The van der Waals surface area contributed by atoms with Gasteiger partial charge in [-0.1, -0.05) is 11.8 Å². The lowest BCUT2D eigenvalue weighted by Gasteiger charge is -2.01. The lowest BCUT2D eigenvalue weighted by Crippen LogP contribution is -1.99. The van der Waals surface area contributed by atoms with Crippen LogP contribution >= 0.6 is 11.8 Å². The highest BCUT2D eigenvalue weighted by molar-refractivity contribution is 8.00. The van der Waals surface area contributed by atoms with Crippen molar-refractivity contribution in [3.8, 4) is 0 Å². The number of carbonyl (C=O) groups excluding carboxylic acids is 1. The van der Waals surface area contributed by atoms with Crippen molar-refractivity contribution in [3.63, 3.8) is 0 Å². The summed E-state index contributed by atoms with van der Waals surface area (Å²) in [5.41, 5.74) is 2.89. The molecule has 12 heavy (non-hydrogen) atoms. The van der Waals surface area contributed by atoms with Gasteiger partial charge in [0.15, 0.2) is 5.78 Å². The Morgan fingerprint density at radius 2 is 2.25 bits per heavy atom. The number of ketones is 1. The van der Waals surface area contributed by atoms with Gasteiger partial charge in [-0.25, -0.2) is 4.98 Å². The molecule has 2 rings (SSSR count). The first-order chi connectivity index (χ1) is 5.68. The number of hydrogen-bond donors (Lipinski definition) is 0. The second-order valence-corrected chi connectivity index (χ2v) is 3.94. The fraction of sp³-hybridized carbons (Fsp3) is 0.333. The van der Waals surface area contributed by atoms with Crippen molar-refractivity contribution in [2.75, 3.05) is 5.75 Å². The monoisotopic (exact) mass is 179 g/mol. The first kappa shape index (κ1) is 7.80. The number of rotatable bonds is 0. The fourth-order valence-electron chi connectivity index (χ4n) is 1.45. The number of aromatic nitrogens is 1. The Labute approximate surface area is 75.4 Å². The summed E-state index contributed by atoms with van der Waals surface area (Å²) in [6.45, 7) is 3.92. The lowest BCUT2D eigenvalue weighted by atomic mass is 10.1. The Kier molecular flexibility index (Phi) is 1.68. The SMILES string of the molecule is Cc1cc(C)c2c(n1)SCC2=O. The van der Waals surface area contributed by atoms with E-state index in [2.05, 4.69) is 4.98 Å². The smallest absolute Gasteiger partial charge is 0.176 e. The van der Waals surface area contributed by atoms with Crippen LogP contribution in [0, 0.1) is 13.8 Å². The summed E-state index contributed by atoms with van der Waals surface area (Å²) in [5.74, 6) is 0.784. The van der Waals surface area contributed by atoms with Crippen molar-refractivity contribution in [1.82, 2.24) is 4.98 Å². The molecule has 3 heteroatoms. The Bertz CT molecular complexity index is 360. The molecule has 0 spiro atoms. The van der Waals surface area contributed by atoms with Gasteiger partial charge in [-0.05, 0) is 25.5 Å². The van der Waals surface area contributed by atoms with Gasteiger partial charge in [-0.3, -0.25) is 4.79 Å². The third kappa shape index (κ3) is 1.05. The number of pyridine rings is 1. The maximum absolute atomic E-state index is 11.3. The topological polar surface area (TPSA) is 30.0 Å². The Hall–Kier alpha value is -0.830. The summed E-state index contributed by atoms with van der Waals surface area (Å²) < 4.78 is 0. The molecule has 0 unspecified atom stereocenters. The van der Waals surface area contributed by atoms with Gasteiger partial charge in [0.05, 0.1) is 11.3 Å². The Morgan fingerprint density at radius 3 is 3.00 bits per heavy atom. The van der Waals surface area contributed by atoms with Gasteiger partial charge in [0.25, 0.3) is 0 Å². The molecule has 62 valence electrons. The third-order valence-electron chi connectivity index (χ3n) is 1.93. The second-order valence-electron chi connectivity index (χ2n) is 2.97. The molecule has 1 aromatic heterocycles. The summed E-state index contributed by atoms with van der Waals surface area (Å²) in [7, 11) is 0. The molecule has 0 bridgehead atoms. The molecule has 0 atom stereocenters. The number of carbonyl (C=O) groups is 1. The molecule has 2 heterocycles. The maximum Gasteiger partial charge on any atom is 0.176 e. The van der Waals surface area contributed by atoms with Crippen molar-refractivity contribution in [3.05, 3.63) is 22.9 Å². The second kappa shape index (κ2) is 2.59. The first-order valence-corrected chi connectivity index (χ1v) is 4.81. The lowest BCUT2D eigenvalue weighted by molar-refractivity contribution is 0.102. The molecule has 2 nitrogen and oxygen atoms in total. The highest BCUT2D eigenvalue weighted by Gasteiger charge is 2.23. The van der Waals surface area contributed by atoms with Crippen molar-refractivity contribution >= 4 is 17.5 Å². The largest absolute Gasteiger partial charge is 0.293 e.